The number of benzene rings is 3. The minimum Gasteiger partial charge on any atom is -0.272 e. The highest BCUT2D eigenvalue weighted by atomic mass is 35.5. The van der Waals surface area contributed by atoms with E-state index in [4.69, 9.17) is 11.6 Å². The lowest BCUT2D eigenvalue weighted by atomic mass is 10.2. The Morgan fingerprint density at radius 2 is 1.47 bits per heavy atom. The standard InChI is InChI=1S/C24H22ClN3O5S3/c1-3-22-23(29)28(36(32,33)21-13-9-17(2)10-14-21)24(26-19-7-5-4-6-8-19)34(22)27-35(30,31)20-15-11-18(25)12-16-20/h4-16,22H,3H2,1-2H3. The highest BCUT2D eigenvalue weighted by Gasteiger charge is 2.49. The number of para-hydroxylation sites is 1. The second kappa shape index (κ2) is 10.3. The number of carbonyl (C=O) groups excluding carboxylic acids is 1. The van der Waals surface area contributed by atoms with Crippen molar-refractivity contribution in [1.29, 1.82) is 0 Å². The van der Waals surface area contributed by atoms with Gasteiger partial charge < -0.3 is 0 Å². The zero-order valence-corrected chi connectivity index (χ0v) is 22.5. The van der Waals surface area contributed by atoms with E-state index in [1.807, 2.05) is 6.92 Å². The van der Waals surface area contributed by atoms with Crippen molar-refractivity contribution in [2.75, 3.05) is 0 Å². The highest BCUT2D eigenvalue weighted by Crippen LogP contribution is 2.32. The molecule has 188 valence electrons. The Kier molecular flexibility index (Phi) is 7.46. The molecule has 1 aliphatic heterocycles. The molecule has 2 unspecified atom stereocenters. The third-order valence-corrected chi connectivity index (χ3v) is 11.4. The number of aryl methyl sites for hydroxylation is 1. The number of carbonyl (C=O) groups is 1. The zero-order valence-electron chi connectivity index (χ0n) is 19.3. The van der Waals surface area contributed by atoms with Crippen molar-refractivity contribution in [3.8, 4) is 0 Å². The van der Waals surface area contributed by atoms with E-state index in [-0.39, 0.29) is 21.4 Å². The molecule has 3 aromatic carbocycles. The maximum Gasteiger partial charge on any atom is 0.288 e. The van der Waals surface area contributed by atoms with Crippen molar-refractivity contribution < 1.29 is 21.6 Å². The first-order valence-corrected chi connectivity index (χ1v) is 15.3. The van der Waals surface area contributed by atoms with Crippen molar-refractivity contribution in [1.82, 2.24) is 4.31 Å². The summed E-state index contributed by atoms with van der Waals surface area (Å²) in [7, 11) is -10.4. The molecule has 0 aliphatic carbocycles. The van der Waals surface area contributed by atoms with Crippen LogP contribution < -0.4 is 0 Å². The molecule has 0 aromatic heterocycles. The molecule has 0 radical (unpaired) electrons. The molecule has 0 saturated carbocycles. The predicted octanol–water partition coefficient (Wildman–Crippen LogP) is 4.84. The third-order valence-electron chi connectivity index (χ3n) is 5.31. The molecule has 3 aromatic rings. The van der Waals surface area contributed by atoms with E-state index in [0.717, 1.165) is 5.56 Å². The fraction of sp³-hybridized carbons (Fsp3) is 0.167. The average Bonchev–Trinajstić information content (AvgIpc) is 3.10. The van der Waals surface area contributed by atoms with Crippen molar-refractivity contribution in [3.63, 3.8) is 0 Å². The van der Waals surface area contributed by atoms with E-state index in [1.54, 1.807) is 49.4 Å². The first-order valence-electron chi connectivity index (χ1n) is 10.8. The number of nitrogens with zero attached hydrogens (tertiary/aromatic N) is 3. The first-order chi connectivity index (χ1) is 17.0. The molecule has 12 heteroatoms. The van der Waals surface area contributed by atoms with Crippen LogP contribution in [-0.4, -0.2) is 37.5 Å². The molecule has 1 fully saturated rings. The number of hydrogen-bond acceptors (Lipinski definition) is 6. The summed E-state index contributed by atoms with van der Waals surface area (Å²) in [6.07, 6.45) is 0.162. The average molecular weight is 564 g/mol. The molecular formula is C24H22ClN3O5S3. The summed E-state index contributed by atoms with van der Waals surface area (Å²) < 4.78 is 58.4. The molecule has 1 aliphatic rings. The van der Waals surface area contributed by atoms with E-state index in [1.165, 1.54) is 36.4 Å². The highest BCUT2D eigenvalue weighted by molar-refractivity contribution is 8.11. The number of sulfonamides is 2. The smallest absolute Gasteiger partial charge is 0.272 e. The quantitative estimate of drug-likeness (QED) is 0.426. The fourth-order valence-electron chi connectivity index (χ4n) is 3.45. The van der Waals surface area contributed by atoms with Gasteiger partial charge in [0, 0.05) is 5.02 Å². The van der Waals surface area contributed by atoms with Crippen molar-refractivity contribution in [2.24, 2.45) is 8.76 Å². The zero-order chi connectivity index (χ0) is 26.1. The van der Waals surface area contributed by atoms with Crippen LogP contribution in [0.4, 0.5) is 5.69 Å². The van der Waals surface area contributed by atoms with Gasteiger partial charge in [-0.2, -0.15) is 12.7 Å². The molecule has 1 heterocycles. The minimum absolute atomic E-state index is 0.108. The van der Waals surface area contributed by atoms with Crippen LogP contribution >= 0.6 is 11.6 Å². The van der Waals surface area contributed by atoms with E-state index in [0.29, 0.717) is 15.0 Å². The van der Waals surface area contributed by atoms with Gasteiger partial charge in [0.1, 0.15) is 5.25 Å². The lowest BCUT2D eigenvalue weighted by molar-refractivity contribution is -0.122. The van der Waals surface area contributed by atoms with Gasteiger partial charge in [-0.3, -0.25) is 4.79 Å². The summed E-state index contributed by atoms with van der Waals surface area (Å²) in [6.45, 7) is 3.49. The van der Waals surface area contributed by atoms with E-state index in [2.05, 4.69) is 8.76 Å². The molecule has 1 amide bonds. The van der Waals surface area contributed by atoms with Crippen LogP contribution in [0.2, 0.25) is 5.02 Å². The van der Waals surface area contributed by atoms with Crippen LogP contribution in [0.3, 0.4) is 0 Å². The van der Waals surface area contributed by atoms with Crippen molar-refractivity contribution in [3.05, 3.63) is 89.4 Å². The molecule has 8 nitrogen and oxygen atoms in total. The molecular weight excluding hydrogens is 542 g/mol. The van der Waals surface area contributed by atoms with E-state index < -0.39 is 41.9 Å². The number of amidine groups is 1. The monoisotopic (exact) mass is 563 g/mol. The summed E-state index contributed by atoms with van der Waals surface area (Å²) >= 11 is 5.89. The van der Waals surface area contributed by atoms with Gasteiger partial charge in [0.15, 0.2) is 5.17 Å². The van der Waals surface area contributed by atoms with Gasteiger partial charge in [0.2, 0.25) is 0 Å². The third kappa shape index (κ3) is 5.15. The molecule has 0 spiro atoms. The summed E-state index contributed by atoms with van der Waals surface area (Å²) in [4.78, 5) is 17.7. The summed E-state index contributed by atoms with van der Waals surface area (Å²) in [6, 6.07) is 19.9. The molecule has 0 bridgehead atoms. The van der Waals surface area contributed by atoms with Crippen LogP contribution in [0.25, 0.3) is 0 Å². The van der Waals surface area contributed by atoms with Crippen molar-refractivity contribution >= 4 is 59.1 Å². The Morgan fingerprint density at radius 3 is 2.06 bits per heavy atom. The Bertz CT molecular complexity index is 1570. The molecule has 36 heavy (non-hydrogen) atoms. The van der Waals surface area contributed by atoms with Gasteiger partial charge >= 0.3 is 0 Å². The molecule has 1 saturated heterocycles. The van der Waals surface area contributed by atoms with E-state index >= 15 is 0 Å². The van der Waals surface area contributed by atoms with Crippen molar-refractivity contribution in [2.45, 2.75) is 35.3 Å². The summed E-state index contributed by atoms with van der Waals surface area (Å²) in [5.41, 5.74) is 1.20. The van der Waals surface area contributed by atoms with E-state index in [9.17, 15) is 21.6 Å². The predicted molar refractivity (Wildman–Crippen MR) is 141 cm³/mol. The number of rotatable bonds is 6. The fourth-order valence-corrected chi connectivity index (χ4v) is 9.14. The van der Waals surface area contributed by atoms with Gasteiger partial charge in [0.25, 0.3) is 26.0 Å². The normalized spacial score (nSPS) is 19.8. The van der Waals surface area contributed by atoms with Crippen LogP contribution in [0, 0.1) is 6.92 Å². The summed E-state index contributed by atoms with van der Waals surface area (Å²) in [5.74, 6) is -0.772. The number of aliphatic imine (C=N–C) groups is 1. The maximum atomic E-state index is 13.7. The van der Waals surface area contributed by atoms with Gasteiger partial charge in [-0.1, -0.05) is 54.4 Å². The van der Waals surface area contributed by atoms with Crippen LogP contribution in [-0.2, 0) is 35.5 Å². The minimum atomic E-state index is -4.39. The van der Waals surface area contributed by atoms with Crippen LogP contribution in [0.5, 0.6) is 0 Å². The lowest BCUT2D eigenvalue weighted by Gasteiger charge is -2.17. The maximum absolute atomic E-state index is 13.7. The van der Waals surface area contributed by atoms with Crippen LogP contribution in [0.1, 0.15) is 18.9 Å². The van der Waals surface area contributed by atoms with Crippen LogP contribution in [0.15, 0.2) is 97.4 Å². The lowest BCUT2D eigenvalue weighted by Crippen LogP contribution is -2.37. The SMILES string of the molecule is CCC1C(=O)N(S(=O)(=O)c2ccc(C)cc2)C(=Nc2ccccc2)S1=NS(=O)(=O)c1ccc(Cl)cc1. The Morgan fingerprint density at radius 1 is 0.889 bits per heavy atom. The molecule has 0 N–H and O–H groups in total. The Balaban J connectivity index is 1.95. The van der Waals surface area contributed by atoms with Gasteiger partial charge in [-0.15, -0.1) is 3.77 Å². The van der Waals surface area contributed by atoms with Gasteiger partial charge in [-0.05, 0) is 72.6 Å². The largest absolute Gasteiger partial charge is 0.288 e. The second-order valence-electron chi connectivity index (χ2n) is 7.87. The van der Waals surface area contributed by atoms with Gasteiger partial charge in [0.05, 0.1) is 15.5 Å². The number of hydrogen-bond donors (Lipinski definition) is 0. The number of amides is 1. The molecule has 2 atom stereocenters. The topological polar surface area (TPSA) is 113 Å². The summed E-state index contributed by atoms with van der Waals surface area (Å²) in [5, 5.41) is -0.911. The molecule has 4 rings (SSSR count). The Hall–Kier alpha value is -2.86. The van der Waals surface area contributed by atoms with Gasteiger partial charge in [-0.25, -0.2) is 13.4 Å². The second-order valence-corrected chi connectivity index (χ2v) is 13.7. The number of halogens is 1. The first kappa shape index (κ1) is 26.2. The Labute approximate surface area is 217 Å².